The zero-order valence-corrected chi connectivity index (χ0v) is 28.5. The molecule has 3 aliphatic rings. The summed E-state index contributed by atoms with van der Waals surface area (Å²) in [4.78, 5) is 7.49. The number of hydrogen-bond donors (Lipinski definition) is 0. The first kappa shape index (κ1) is 30.2. The monoisotopic (exact) mass is 667 g/mol. The third kappa shape index (κ3) is 5.19. The fourth-order valence-electron chi connectivity index (χ4n) is 7.93. The summed E-state index contributed by atoms with van der Waals surface area (Å²) in [6, 6.07) is 55.9. The Labute approximate surface area is 303 Å². The molecule has 52 heavy (non-hydrogen) atoms. The molecule has 1 aliphatic carbocycles. The molecule has 3 heterocycles. The Bertz CT molecular complexity index is 2680. The van der Waals surface area contributed by atoms with Gasteiger partial charge in [-0.1, -0.05) is 170 Å². The summed E-state index contributed by atoms with van der Waals surface area (Å²) in [5.41, 5.74) is 11.3. The minimum Gasteiger partial charge on any atom is -0.438 e. The van der Waals surface area contributed by atoms with Crippen LogP contribution in [-0.2, 0) is 0 Å². The molecule has 0 spiro atoms. The van der Waals surface area contributed by atoms with Gasteiger partial charge < -0.3 is 14.8 Å². The van der Waals surface area contributed by atoms with Crippen LogP contribution in [0.2, 0.25) is 0 Å². The molecule has 1 aromatic heterocycles. The molecular weight excluding hydrogens is 633 g/mol. The van der Waals surface area contributed by atoms with Gasteiger partial charge in [0.15, 0.2) is 0 Å². The van der Waals surface area contributed by atoms with E-state index in [9.17, 15) is 0 Å². The quantitative estimate of drug-likeness (QED) is 0.180. The van der Waals surface area contributed by atoms with E-state index in [-0.39, 0.29) is 12.1 Å². The van der Waals surface area contributed by atoms with Gasteiger partial charge in [0.1, 0.15) is 0 Å². The average Bonchev–Trinajstić information content (AvgIpc) is 3.45. The molecule has 10 rings (SSSR count). The minimum absolute atomic E-state index is 0.231. The zero-order valence-electron chi connectivity index (χ0n) is 28.5. The predicted molar refractivity (Wildman–Crippen MR) is 216 cm³/mol. The van der Waals surface area contributed by atoms with Gasteiger partial charge >= 0.3 is 0 Å². The lowest BCUT2D eigenvalue weighted by Crippen LogP contribution is -2.32. The summed E-state index contributed by atoms with van der Waals surface area (Å²) >= 11 is 0. The van der Waals surface area contributed by atoms with Crippen LogP contribution in [0.4, 0.5) is 11.4 Å². The first-order chi connectivity index (χ1) is 25.8. The Morgan fingerprint density at radius 2 is 1.31 bits per heavy atom. The number of aliphatic imine (C=N–C) groups is 1. The standard InChI is InChI=1S/C48H35N4/c1-4-14-33(15-5-1)42-32-47(50-48(49-42)35-17-6-2-7-18-35)52-43-22-12-10-16-34(43)24-25-38-30-36(27-29-44(38)52)37-26-28-41-40-21-11-13-23-45(40)51(46(41)31-37)39-19-8-3-9-20-39/h1-25,27-32,37,48H,26H2/q-1. The Kier molecular flexibility index (Phi) is 7.31. The molecular formula is C48H35N4-. The smallest absolute Gasteiger partial charge is 0.0826 e. The van der Waals surface area contributed by atoms with Crippen LogP contribution in [0.15, 0.2) is 175 Å². The lowest BCUT2D eigenvalue weighted by atomic mass is 9.90. The summed E-state index contributed by atoms with van der Waals surface area (Å²) in [7, 11) is 0. The Hall–Kier alpha value is -6.65. The molecule has 0 N–H and O–H groups in total. The second-order valence-corrected chi connectivity index (χ2v) is 13.5. The second-order valence-electron chi connectivity index (χ2n) is 13.5. The van der Waals surface area contributed by atoms with Crippen molar-refractivity contribution >= 4 is 52.3 Å². The van der Waals surface area contributed by atoms with Crippen molar-refractivity contribution in [3.63, 3.8) is 0 Å². The largest absolute Gasteiger partial charge is 0.438 e. The van der Waals surface area contributed by atoms with Gasteiger partial charge in [-0.15, -0.1) is 0 Å². The first-order valence-corrected chi connectivity index (χ1v) is 18.0. The topological polar surface area (TPSA) is 34.6 Å². The highest BCUT2D eigenvalue weighted by molar-refractivity contribution is 6.11. The van der Waals surface area contributed by atoms with Gasteiger partial charge in [-0.2, -0.15) is 0 Å². The van der Waals surface area contributed by atoms with Crippen molar-refractivity contribution in [2.24, 2.45) is 4.99 Å². The van der Waals surface area contributed by atoms with Crippen molar-refractivity contribution in [3.05, 3.63) is 213 Å². The Morgan fingerprint density at radius 1 is 0.615 bits per heavy atom. The number of fused-ring (bicyclic) bond motifs is 5. The summed E-state index contributed by atoms with van der Waals surface area (Å²) in [6.07, 6.45) is 12.1. The molecule has 4 heteroatoms. The van der Waals surface area contributed by atoms with Gasteiger partial charge in [0.05, 0.1) is 22.7 Å². The normalized spacial score (nSPS) is 17.3. The molecule has 0 bridgehead atoms. The van der Waals surface area contributed by atoms with E-state index in [2.05, 4.69) is 185 Å². The average molecular weight is 668 g/mol. The zero-order chi connectivity index (χ0) is 34.4. The van der Waals surface area contributed by atoms with E-state index in [0.29, 0.717) is 0 Å². The SMILES string of the molecule is C1=Cc2cc(C3C=c4c(c5ccccc5n4-c4ccccc4)=CC3)ccc2N(C2=CC(c3ccccc3)=NC(c3ccccc3)[N-]2)c2ccccc21. The van der Waals surface area contributed by atoms with Gasteiger partial charge in [-0.25, -0.2) is 0 Å². The molecule has 2 atom stereocenters. The van der Waals surface area contributed by atoms with E-state index < -0.39 is 0 Å². The maximum atomic E-state index is 5.35. The molecule has 0 amide bonds. The number of benzene rings is 6. The number of rotatable bonds is 5. The van der Waals surface area contributed by atoms with Crippen LogP contribution < -0.4 is 15.5 Å². The highest BCUT2D eigenvalue weighted by atomic mass is 15.3. The van der Waals surface area contributed by atoms with Crippen molar-refractivity contribution in [1.82, 2.24) is 4.57 Å². The number of aromatic nitrogens is 1. The number of anilines is 2. The van der Waals surface area contributed by atoms with Crippen molar-refractivity contribution < 1.29 is 0 Å². The predicted octanol–water partition coefficient (Wildman–Crippen LogP) is 10.4. The Morgan fingerprint density at radius 3 is 2.15 bits per heavy atom. The molecule has 6 aromatic carbocycles. The van der Waals surface area contributed by atoms with E-state index in [4.69, 9.17) is 10.3 Å². The number of para-hydroxylation sites is 3. The number of nitrogens with zero attached hydrogens (tertiary/aromatic N) is 4. The van der Waals surface area contributed by atoms with Crippen LogP contribution in [0.25, 0.3) is 46.2 Å². The molecule has 0 saturated carbocycles. The van der Waals surface area contributed by atoms with Crippen LogP contribution in [-0.4, -0.2) is 10.3 Å². The van der Waals surface area contributed by atoms with Crippen molar-refractivity contribution in [1.29, 1.82) is 0 Å². The van der Waals surface area contributed by atoms with Crippen LogP contribution in [0.5, 0.6) is 0 Å². The second kappa shape index (κ2) is 12.6. The molecule has 4 nitrogen and oxygen atoms in total. The molecule has 0 radical (unpaired) electrons. The van der Waals surface area contributed by atoms with Crippen molar-refractivity contribution in [3.8, 4) is 5.69 Å². The van der Waals surface area contributed by atoms with Crippen molar-refractivity contribution in [2.45, 2.75) is 18.5 Å². The molecule has 248 valence electrons. The molecule has 2 aliphatic heterocycles. The third-order valence-corrected chi connectivity index (χ3v) is 10.4. The first-order valence-electron chi connectivity index (χ1n) is 18.0. The number of allylic oxidation sites excluding steroid dienone is 1. The Balaban J connectivity index is 1.10. The molecule has 2 unspecified atom stereocenters. The van der Waals surface area contributed by atoms with Crippen molar-refractivity contribution in [2.75, 3.05) is 4.90 Å². The fourth-order valence-corrected chi connectivity index (χ4v) is 7.93. The highest BCUT2D eigenvalue weighted by Gasteiger charge is 2.22. The van der Waals surface area contributed by atoms with Crippen LogP contribution in [0, 0.1) is 0 Å². The lowest BCUT2D eigenvalue weighted by molar-refractivity contribution is 0.844. The van der Waals surface area contributed by atoms with Gasteiger partial charge in [-0.3, -0.25) is 4.99 Å². The number of hydrogen-bond acceptors (Lipinski definition) is 2. The van der Waals surface area contributed by atoms with Gasteiger partial charge in [0, 0.05) is 22.2 Å². The lowest BCUT2D eigenvalue weighted by Gasteiger charge is -2.43. The van der Waals surface area contributed by atoms with Gasteiger partial charge in [0.25, 0.3) is 0 Å². The van der Waals surface area contributed by atoms with E-state index in [0.717, 1.165) is 51.6 Å². The summed E-state index contributed by atoms with van der Waals surface area (Å²) in [5.74, 6) is 1.09. The van der Waals surface area contributed by atoms with Crippen LogP contribution in [0.3, 0.4) is 0 Å². The summed E-state index contributed by atoms with van der Waals surface area (Å²) in [5, 5.41) is 9.22. The molecule has 0 fully saturated rings. The maximum absolute atomic E-state index is 5.35. The van der Waals surface area contributed by atoms with Gasteiger partial charge in [0.2, 0.25) is 0 Å². The molecule has 7 aromatic rings. The van der Waals surface area contributed by atoms with E-state index in [1.54, 1.807) is 0 Å². The minimum atomic E-state index is -0.361. The van der Waals surface area contributed by atoms with Crippen LogP contribution >= 0.6 is 0 Å². The van der Waals surface area contributed by atoms with E-state index in [1.807, 2.05) is 12.1 Å². The highest BCUT2D eigenvalue weighted by Crippen LogP contribution is 2.45. The summed E-state index contributed by atoms with van der Waals surface area (Å²) in [6.45, 7) is 0. The fraction of sp³-hybridized carbons (Fsp3) is 0.0625. The van der Waals surface area contributed by atoms with Gasteiger partial charge in [-0.05, 0) is 69.9 Å². The third-order valence-electron chi connectivity index (χ3n) is 10.4. The van der Waals surface area contributed by atoms with Crippen LogP contribution in [0.1, 0.15) is 46.3 Å². The van der Waals surface area contributed by atoms with E-state index in [1.165, 1.54) is 32.7 Å². The summed E-state index contributed by atoms with van der Waals surface area (Å²) < 4.78 is 2.42. The van der Waals surface area contributed by atoms with E-state index >= 15 is 0 Å². The maximum Gasteiger partial charge on any atom is 0.0826 e. The molecule has 0 saturated heterocycles.